The molecule has 126 valence electrons. The molecule has 0 aromatic rings. The minimum absolute atomic E-state index is 0.0135. The van der Waals surface area contributed by atoms with E-state index in [2.05, 4.69) is 23.8 Å². The van der Waals surface area contributed by atoms with Crippen molar-refractivity contribution in [2.45, 2.75) is 38.1 Å². The molecule has 0 spiro atoms. The number of carbonyl (C=O) groups is 2. The van der Waals surface area contributed by atoms with E-state index in [1.807, 2.05) is 0 Å². The molecule has 1 amide bonds. The predicted molar refractivity (Wildman–Crippen MR) is 86.2 cm³/mol. The minimum Gasteiger partial charge on any atom is -0.460 e. The van der Waals surface area contributed by atoms with E-state index in [0.29, 0.717) is 13.0 Å². The fraction of sp³-hybridized carbons (Fsp3) is 0.750. The Labute approximate surface area is 133 Å². The van der Waals surface area contributed by atoms with Gasteiger partial charge in [-0.15, -0.1) is 0 Å². The van der Waals surface area contributed by atoms with Crippen molar-refractivity contribution >= 4 is 11.9 Å². The van der Waals surface area contributed by atoms with Crippen molar-refractivity contribution in [3.63, 3.8) is 0 Å². The summed E-state index contributed by atoms with van der Waals surface area (Å²) >= 11 is 0. The molecule has 0 aromatic carbocycles. The zero-order valence-corrected chi connectivity index (χ0v) is 13.6. The first-order chi connectivity index (χ1) is 10.6. The summed E-state index contributed by atoms with van der Waals surface area (Å²) in [6, 6.07) is -0.585. The van der Waals surface area contributed by atoms with Crippen LogP contribution < -0.4 is 11.1 Å². The van der Waals surface area contributed by atoms with Crippen LogP contribution in [-0.2, 0) is 14.3 Å². The number of hydrogen-bond donors (Lipinski definition) is 2. The van der Waals surface area contributed by atoms with E-state index in [0.717, 1.165) is 38.8 Å². The molecule has 6 nitrogen and oxygen atoms in total. The van der Waals surface area contributed by atoms with Gasteiger partial charge in [-0.1, -0.05) is 12.7 Å². The molecule has 3 N–H and O–H groups in total. The smallest absolute Gasteiger partial charge is 0.328 e. The van der Waals surface area contributed by atoms with Crippen molar-refractivity contribution in [3.05, 3.63) is 12.7 Å². The maximum atomic E-state index is 12.3. The first-order valence-electron chi connectivity index (χ1n) is 8.05. The first kappa shape index (κ1) is 18.6. The molecular weight excluding hydrogens is 282 g/mol. The van der Waals surface area contributed by atoms with Gasteiger partial charge in [-0.3, -0.25) is 4.79 Å². The Morgan fingerprint density at radius 3 is 2.68 bits per heavy atom. The average Bonchev–Trinajstić information content (AvgIpc) is 2.52. The van der Waals surface area contributed by atoms with Gasteiger partial charge < -0.3 is 20.7 Å². The third-order valence-corrected chi connectivity index (χ3v) is 3.98. The van der Waals surface area contributed by atoms with Gasteiger partial charge in [-0.2, -0.15) is 0 Å². The number of amides is 1. The van der Waals surface area contributed by atoms with Crippen LogP contribution in [-0.4, -0.2) is 56.1 Å². The highest BCUT2D eigenvalue weighted by molar-refractivity contribution is 5.85. The normalized spacial score (nSPS) is 17.7. The predicted octanol–water partition coefficient (Wildman–Crippen LogP) is 0.671. The Morgan fingerprint density at radius 1 is 1.41 bits per heavy atom. The molecule has 22 heavy (non-hydrogen) atoms. The zero-order chi connectivity index (χ0) is 16.4. The van der Waals surface area contributed by atoms with Crippen LogP contribution in [0.2, 0.25) is 0 Å². The second-order valence-electron chi connectivity index (χ2n) is 5.84. The summed E-state index contributed by atoms with van der Waals surface area (Å²) in [4.78, 5) is 26.6. The van der Waals surface area contributed by atoms with Gasteiger partial charge in [0.05, 0.1) is 0 Å². The number of nitrogens with one attached hydrogen (secondary N) is 1. The van der Waals surface area contributed by atoms with Crippen molar-refractivity contribution in [2.75, 3.05) is 33.3 Å². The van der Waals surface area contributed by atoms with Gasteiger partial charge in [-0.25, -0.2) is 4.79 Å². The molecular formula is C16H29N3O3. The largest absolute Gasteiger partial charge is 0.460 e. The molecule has 0 bridgehead atoms. The number of piperidine rings is 1. The molecule has 1 rings (SSSR count). The minimum atomic E-state index is -0.585. The monoisotopic (exact) mass is 311 g/mol. The van der Waals surface area contributed by atoms with Gasteiger partial charge in [0.25, 0.3) is 0 Å². The maximum absolute atomic E-state index is 12.3. The molecule has 6 heteroatoms. The Balaban J connectivity index is 2.51. The van der Waals surface area contributed by atoms with Crippen molar-refractivity contribution in [2.24, 2.45) is 11.7 Å². The van der Waals surface area contributed by atoms with E-state index in [4.69, 9.17) is 10.5 Å². The maximum Gasteiger partial charge on any atom is 0.328 e. The topological polar surface area (TPSA) is 84.7 Å². The highest BCUT2D eigenvalue weighted by Gasteiger charge is 2.28. The average molecular weight is 311 g/mol. The number of esters is 1. The van der Waals surface area contributed by atoms with Gasteiger partial charge in [0.1, 0.15) is 12.6 Å². The summed E-state index contributed by atoms with van der Waals surface area (Å²) in [5.41, 5.74) is 5.48. The number of ether oxygens (including phenoxy) is 1. The van der Waals surface area contributed by atoms with Gasteiger partial charge in [0.15, 0.2) is 0 Å². The van der Waals surface area contributed by atoms with Crippen LogP contribution in [0, 0.1) is 5.92 Å². The van der Waals surface area contributed by atoms with Crippen molar-refractivity contribution in [1.82, 2.24) is 10.2 Å². The molecule has 1 atom stereocenters. The summed E-state index contributed by atoms with van der Waals surface area (Å²) in [6.45, 7) is 6.09. The number of nitrogens with two attached hydrogens (primary N) is 1. The summed E-state index contributed by atoms with van der Waals surface area (Å²) < 4.78 is 5.08. The summed E-state index contributed by atoms with van der Waals surface area (Å²) in [6.07, 6.45) is 5.37. The van der Waals surface area contributed by atoms with Gasteiger partial charge >= 0.3 is 5.97 Å². The zero-order valence-electron chi connectivity index (χ0n) is 13.6. The molecule has 1 heterocycles. The number of hydrogen-bond acceptors (Lipinski definition) is 5. The van der Waals surface area contributed by atoms with Crippen LogP contribution >= 0.6 is 0 Å². The Hall–Kier alpha value is -1.40. The van der Waals surface area contributed by atoms with Gasteiger partial charge in [0, 0.05) is 5.92 Å². The van der Waals surface area contributed by atoms with Crippen LogP contribution in [0.25, 0.3) is 0 Å². The Kier molecular flexibility index (Phi) is 8.77. The van der Waals surface area contributed by atoms with E-state index in [-0.39, 0.29) is 18.4 Å². The Morgan fingerprint density at radius 2 is 2.09 bits per heavy atom. The number of unbranched alkanes of at least 4 members (excludes halogenated alkanes) is 1. The molecule has 0 radical (unpaired) electrons. The van der Waals surface area contributed by atoms with E-state index in [1.54, 1.807) is 0 Å². The third kappa shape index (κ3) is 6.58. The van der Waals surface area contributed by atoms with E-state index < -0.39 is 12.0 Å². The van der Waals surface area contributed by atoms with Gasteiger partial charge in [-0.05, 0) is 58.8 Å². The summed E-state index contributed by atoms with van der Waals surface area (Å²) in [5, 5.41) is 2.86. The van der Waals surface area contributed by atoms with Crippen LogP contribution in [0.5, 0.6) is 0 Å². The molecule has 0 saturated carbocycles. The number of likely N-dealkylation sites (tertiary alicyclic amines) is 1. The molecule has 1 fully saturated rings. The molecule has 0 aliphatic carbocycles. The second-order valence-corrected chi connectivity index (χ2v) is 5.84. The van der Waals surface area contributed by atoms with Crippen LogP contribution in [0.4, 0.5) is 0 Å². The lowest BCUT2D eigenvalue weighted by Gasteiger charge is -2.29. The highest BCUT2D eigenvalue weighted by Crippen LogP contribution is 2.16. The lowest BCUT2D eigenvalue weighted by Crippen LogP contribution is -2.46. The highest BCUT2D eigenvalue weighted by atomic mass is 16.5. The van der Waals surface area contributed by atoms with Crippen LogP contribution in [0.3, 0.4) is 0 Å². The van der Waals surface area contributed by atoms with E-state index in [9.17, 15) is 9.59 Å². The SMILES string of the molecule is C=CCOC(=O)C(CCCCN)NC(=O)C1CCN(C)CC1. The van der Waals surface area contributed by atoms with E-state index in [1.165, 1.54) is 6.08 Å². The standard InChI is InChI=1S/C16H29N3O3/c1-3-12-22-16(21)14(6-4-5-9-17)18-15(20)13-7-10-19(2)11-8-13/h3,13-14H,1,4-12,17H2,2H3,(H,18,20). The third-order valence-electron chi connectivity index (χ3n) is 3.98. The Bertz CT molecular complexity index is 366. The molecule has 1 aliphatic rings. The number of carbonyl (C=O) groups excluding carboxylic acids is 2. The van der Waals surface area contributed by atoms with Crippen molar-refractivity contribution in [1.29, 1.82) is 0 Å². The molecule has 1 unspecified atom stereocenters. The van der Waals surface area contributed by atoms with Crippen LogP contribution in [0.1, 0.15) is 32.1 Å². The quantitative estimate of drug-likeness (QED) is 0.371. The summed E-state index contributed by atoms with van der Waals surface area (Å²) in [5.74, 6) is -0.444. The van der Waals surface area contributed by atoms with Crippen molar-refractivity contribution < 1.29 is 14.3 Å². The fourth-order valence-corrected chi connectivity index (χ4v) is 2.54. The van der Waals surface area contributed by atoms with E-state index >= 15 is 0 Å². The van der Waals surface area contributed by atoms with Gasteiger partial charge in [0.2, 0.25) is 5.91 Å². The molecule has 0 aromatic heterocycles. The lowest BCUT2D eigenvalue weighted by atomic mass is 9.95. The number of rotatable bonds is 9. The molecule has 1 saturated heterocycles. The van der Waals surface area contributed by atoms with Crippen LogP contribution in [0.15, 0.2) is 12.7 Å². The van der Waals surface area contributed by atoms with Crippen molar-refractivity contribution in [3.8, 4) is 0 Å². The lowest BCUT2D eigenvalue weighted by molar-refractivity contribution is -0.147. The number of nitrogens with zero attached hydrogens (tertiary/aromatic N) is 1. The second kappa shape index (κ2) is 10.3. The fourth-order valence-electron chi connectivity index (χ4n) is 2.54. The summed E-state index contributed by atoms with van der Waals surface area (Å²) in [7, 11) is 2.05. The first-order valence-corrected chi connectivity index (χ1v) is 8.05. The molecule has 1 aliphatic heterocycles.